The molecule has 0 aromatic heterocycles. The highest BCUT2D eigenvalue weighted by molar-refractivity contribution is 5.79. The lowest BCUT2D eigenvalue weighted by molar-refractivity contribution is -0.141. The first-order valence-corrected chi connectivity index (χ1v) is 27.8. The molecule has 0 aliphatic heterocycles. The number of carboxylic acids is 10. The van der Waals surface area contributed by atoms with Crippen molar-refractivity contribution in [3.63, 3.8) is 0 Å². The molecule has 544 valence electrons. The van der Waals surface area contributed by atoms with Crippen molar-refractivity contribution in [2.75, 3.05) is 32.7 Å². The van der Waals surface area contributed by atoms with Gasteiger partial charge in [0.15, 0.2) is 23.8 Å². The second kappa shape index (κ2) is 64.6. The van der Waals surface area contributed by atoms with Crippen LogP contribution in [0.4, 0.5) is 0 Å². The Morgan fingerprint density at radius 3 is 0.798 bits per heavy atom. The number of carbonyl (C=O) groups is 11. The number of aliphatic carboxylic acids is 10. The summed E-state index contributed by atoms with van der Waals surface area (Å²) < 4.78 is 0. The van der Waals surface area contributed by atoms with E-state index < -0.39 is 114 Å². The fourth-order valence-corrected chi connectivity index (χ4v) is 4.85. The molecular weight excluding hydrogens is 1260 g/mol. The first-order valence-electron chi connectivity index (χ1n) is 27.8. The number of nitrogens with zero attached hydrogens (tertiary/aromatic N) is 4. The quantitative estimate of drug-likeness (QED) is 0.0170. The van der Waals surface area contributed by atoms with E-state index in [4.69, 9.17) is 149 Å². The predicted molar refractivity (Wildman–Crippen MR) is 346 cm³/mol. The molecule has 0 aliphatic rings. The SMILES string of the molecule is CC[C@H](C)[C@H](N)C(=O)O.NC(=O)CC[C@H](N)C(=O)O.NC(N)=NCCC[C@H](N)C(=O)O.NC(N)=NCCC[C@H](N)C(=O)O.NC(N)=NCCC[C@H](N)C(=O)O.NC(N)=NCCC[C@H](N)C(=O)O.NCC(=O)O.N[C@@H](CCC(=O)O)C(=O)O.N[C@@H](Cc1ccccc1)C(=O)O. The lowest BCUT2D eigenvalue weighted by Gasteiger charge is -2.11. The average Bonchev–Trinajstić information content (AvgIpc) is 1.85. The molecule has 0 heterocycles. The van der Waals surface area contributed by atoms with Crippen molar-refractivity contribution in [3.8, 4) is 0 Å². The number of rotatable bonds is 35. The number of hydrogen-bond donors (Lipinski definition) is 28. The topological polar surface area (TPSA) is 908 Å². The van der Waals surface area contributed by atoms with Crippen LogP contribution < -0.4 is 103 Å². The molecule has 1 rings (SSSR count). The maximum atomic E-state index is 10.4. The number of aliphatic imine (C=N–C) groups is 4. The van der Waals surface area contributed by atoms with Gasteiger partial charge in [0.25, 0.3) is 0 Å². The molecule has 1 aromatic carbocycles. The van der Waals surface area contributed by atoms with Crippen LogP contribution in [0.15, 0.2) is 50.3 Å². The van der Waals surface area contributed by atoms with Gasteiger partial charge in [-0.15, -0.1) is 0 Å². The first kappa shape index (κ1) is 100. The van der Waals surface area contributed by atoms with Crippen molar-refractivity contribution in [1.82, 2.24) is 0 Å². The molecule has 0 bridgehead atoms. The molecule has 43 heteroatoms. The summed E-state index contributed by atoms with van der Waals surface area (Å²) >= 11 is 0. The minimum atomic E-state index is -1.17. The second-order valence-corrected chi connectivity index (χ2v) is 18.9. The number of benzene rings is 1. The van der Waals surface area contributed by atoms with Crippen LogP contribution in [0.2, 0.25) is 0 Å². The Hall–Kier alpha value is -9.89. The van der Waals surface area contributed by atoms with Crippen molar-refractivity contribution >= 4 is 89.4 Å². The van der Waals surface area contributed by atoms with Crippen molar-refractivity contribution < 1.29 is 104 Å². The largest absolute Gasteiger partial charge is 0.481 e. The summed E-state index contributed by atoms with van der Waals surface area (Å²) in [4.78, 5) is 125. The van der Waals surface area contributed by atoms with Gasteiger partial charge >= 0.3 is 59.7 Å². The molecule has 0 saturated heterocycles. The third-order valence-electron chi connectivity index (χ3n) is 10.5. The smallest absolute Gasteiger partial charge is 0.320 e. The van der Waals surface area contributed by atoms with Crippen LogP contribution in [0.3, 0.4) is 0 Å². The Labute approximate surface area is 541 Å². The second-order valence-electron chi connectivity index (χ2n) is 18.9. The minimum absolute atomic E-state index is 0.0129. The lowest BCUT2D eigenvalue weighted by atomic mass is 10.0. The summed E-state index contributed by atoms with van der Waals surface area (Å²) in [5.74, 6) is -10.6. The number of carboxylic acid groups (broad SMARTS) is 10. The van der Waals surface area contributed by atoms with E-state index >= 15 is 0 Å². The third kappa shape index (κ3) is 84.2. The van der Waals surface area contributed by atoms with Gasteiger partial charge in [0, 0.05) is 39.0 Å². The standard InChI is InChI=1S/C9H11NO2.4C6H14N4O2.C6H13NO2.C5H10N2O3.C5H9NO4.C2H5NO2/c10-8(9(11)12)6-7-4-2-1-3-5-7;4*7-4(5(11)12)2-1-3-10-6(8)9;1-3-4(2)5(7)6(8)9;2*6-3(5(9)10)1-2-4(7)8;3-1-2(4)5/h1-5,8H,6,10H2,(H,11,12);4*4H,1-3,7H2,(H,11,12)(H4,8,9,10);4-5H,3,7H2,1-2H3,(H,8,9);3H,1-2,6H2,(H2,7,8)(H,9,10);3H,1-2,6H2,(H,7,8)(H,9,10);1,3H2,(H,4,5)/t8-;4*4-;4-,5-;2*3-;/m00000000./s1. The number of nitrogens with two attached hydrogens (primary N) is 18. The fraction of sp³-hybridized carbons (Fsp3) is 0.588. The van der Waals surface area contributed by atoms with E-state index in [1.54, 1.807) is 0 Å². The Kier molecular flexibility index (Phi) is 69.0. The molecule has 0 fully saturated rings. The molecule has 0 saturated carbocycles. The third-order valence-corrected chi connectivity index (χ3v) is 10.5. The van der Waals surface area contributed by atoms with Crippen LogP contribution in [0.25, 0.3) is 0 Å². The summed E-state index contributed by atoms with van der Waals surface area (Å²) in [6.07, 6.45) is 4.92. The molecule has 0 spiro atoms. The molecule has 0 unspecified atom stereocenters. The Morgan fingerprint density at radius 1 is 0.372 bits per heavy atom. The summed E-state index contributed by atoms with van der Waals surface area (Å²) in [5.41, 5.74) is 92.2. The number of guanidine groups is 4. The zero-order chi connectivity index (χ0) is 75.2. The van der Waals surface area contributed by atoms with Gasteiger partial charge in [-0.25, -0.2) is 0 Å². The van der Waals surface area contributed by atoms with Crippen LogP contribution in [-0.4, -0.2) is 222 Å². The van der Waals surface area contributed by atoms with Gasteiger partial charge in [-0.2, -0.15) is 0 Å². The highest BCUT2D eigenvalue weighted by Crippen LogP contribution is 2.05. The molecule has 43 nitrogen and oxygen atoms in total. The molecule has 0 aliphatic carbocycles. The Bertz CT molecular complexity index is 2220. The number of hydrogen-bond acceptors (Lipinski definition) is 24. The maximum absolute atomic E-state index is 10.4. The molecule has 94 heavy (non-hydrogen) atoms. The lowest BCUT2D eigenvalue weighted by Crippen LogP contribution is -2.36. The van der Waals surface area contributed by atoms with Gasteiger partial charge in [0.1, 0.15) is 48.3 Å². The van der Waals surface area contributed by atoms with E-state index in [2.05, 4.69) is 25.7 Å². The molecular formula is C51H104N22O21. The number of primary amides is 1. The van der Waals surface area contributed by atoms with Crippen LogP contribution in [-0.2, 0) is 59.2 Å². The zero-order valence-electron chi connectivity index (χ0n) is 52.7. The summed E-state index contributed by atoms with van der Waals surface area (Å²) in [6, 6.07) is 2.53. The number of carbonyl (C=O) groups excluding carboxylic acids is 1. The summed E-state index contributed by atoms with van der Waals surface area (Å²) in [6.45, 7) is 5.16. The zero-order valence-corrected chi connectivity index (χ0v) is 52.7. The maximum Gasteiger partial charge on any atom is 0.320 e. The Balaban J connectivity index is -0.000000149. The molecule has 0 radical (unpaired) electrons. The highest BCUT2D eigenvalue weighted by atomic mass is 16.4. The van der Waals surface area contributed by atoms with E-state index in [1.165, 1.54) is 0 Å². The van der Waals surface area contributed by atoms with E-state index in [-0.39, 0.29) is 62.0 Å². The van der Waals surface area contributed by atoms with Crippen molar-refractivity contribution in [2.45, 2.75) is 152 Å². The van der Waals surface area contributed by atoms with Crippen LogP contribution in [0, 0.1) is 5.92 Å². The van der Waals surface area contributed by atoms with Crippen molar-refractivity contribution in [1.29, 1.82) is 0 Å². The Morgan fingerprint density at radius 2 is 0.617 bits per heavy atom. The van der Waals surface area contributed by atoms with E-state index in [1.807, 2.05) is 44.2 Å². The fourth-order valence-electron chi connectivity index (χ4n) is 4.85. The van der Waals surface area contributed by atoms with Gasteiger partial charge in [0.05, 0.1) is 6.54 Å². The molecule has 1 aromatic rings. The normalized spacial score (nSPS) is 12.4. The van der Waals surface area contributed by atoms with Gasteiger partial charge in [-0.1, -0.05) is 50.6 Å². The molecule has 1 amide bonds. The van der Waals surface area contributed by atoms with Gasteiger partial charge in [-0.05, 0) is 82.1 Å². The summed E-state index contributed by atoms with van der Waals surface area (Å²) in [7, 11) is 0. The monoisotopic (exact) mass is 1360 g/mol. The van der Waals surface area contributed by atoms with Crippen LogP contribution in [0.1, 0.15) is 103 Å². The van der Waals surface area contributed by atoms with Crippen LogP contribution in [0.5, 0.6) is 0 Å². The van der Waals surface area contributed by atoms with Gasteiger partial charge < -0.3 is 154 Å². The van der Waals surface area contributed by atoms with E-state index in [0.29, 0.717) is 84.0 Å². The van der Waals surface area contributed by atoms with Gasteiger partial charge in [0.2, 0.25) is 5.91 Å². The molecule has 9 atom stereocenters. The average molecular weight is 1360 g/mol. The van der Waals surface area contributed by atoms with Crippen molar-refractivity contribution in [3.05, 3.63) is 35.9 Å². The van der Waals surface area contributed by atoms with Crippen LogP contribution >= 0.6 is 0 Å². The highest BCUT2D eigenvalue weighted by Gasteiger charge is 2.18. The minimum Gasteiger partial charge on any atom is -0.481 e. The number of amides is 1. The van der Waals surface area contributed by atoms with E-state index in [0.717, 1.165) is 12.0 Å². The summed E-state index contributed by atoms with van der Waals surface area (Å²) in [5, 5.41) is 82.5. The van der Waals surface area contributed by atoms with E-state index in [9.17, 15) is 52.7 Å². The van der Waals surface area contributed by atoms with Gasteiger partial charge in [-0.3, -0.25) is 72.7 Å². The predicted octanol–water partition coefficient (Wildman–Crippen LogP) is -8.15. The molecule has 46 N–H and O–H groups in total. The van der Waals surface area contributed by atoms with Crippen molar-refractivity contribution in [2.24, 2.45) is 129 Å². The first-order chi connectivity index (χ1) is 43.3.